The molecule has 0 radical (unpaired) electrons. The van der Waals surface area contributed by atoms with E-state index in [0.29, 0.717) is 10.4 Å². The van der Waals surface area contributed by atoms with Gasteiger partial charge in [0.2, 0.25) is 0 Å². The van der Waals surface area contributed by atoms with Gasteiger partial charge in [-0.25, -0.2) is 0 Å². The molecule has 1 rings (SSSR count). The number of halogens is 3. The van der Waals surface area contributed by atoms with Crippen LogP contribution in [0.15, 0.2) is 18.2 Å². The number of alkyl halides is 2. The Morgan fingerprint density at radius 3 is 2.64 bits per heavy atom. The Morgan fingerprint density at radius 2 is 2.14 bits per heavy atom. The summed E-state index contributed by atoms with van der Waals surface area (Å²) in [4.78, 5) is 11.1. The van der Waals surface area contributed by atoms with Crippen molar-refractivity contribution in [2.45, 2.75) is 17.6 Å². The minimum atomic E-state index is -0.605. The summed E-state index contributed by atoms with van der Waals surface area (Å²) in [6.07, 6.45) is 0. The molecule has 0 spiro atoms. The standard InChI is InChI=1S/C10H9BrCl2O/c1-6(14)10(13)8-2-7(5-11)3-9(12)4-8/h2-4,10H,5H2,1H3. The smallest absolute Gasteiger partial charge is 0.152 e. The van der Waals surface area contributed by atoms with Gasteiger partial charge >= 0.3 is 0 Å². The molecule has 0 amide bonds. The van der Waals surface area contributed by atoms with Gasteiger partial charge in [0.05, 0.1) is 0 Å². The van der Waals surface area contributed by atoms with E-state index in [-0.39, 0.29) is 5.78 Å². The quantitative estimate of drug-likeness (QED) is 0.767. The van der Waals surface area contributed by atoms with E-state index < -0.39 is 5.38 Å². The van der Waals surface area contributed by atoms with Crippen LogP contribution in [0.5, 0.6) is 0 Å². The Balaban J connectivity index is 3.08. The molecule has 0 saturated heterocycles. The molecule has 0 N–H and O–H groups in total. The van der Waals surface area contributed by atoms with Gasteiger partial charge in [-0.2, -0.15) is 0 Å². The SMILES string of the molecule is CC(=O)C(Cl)c1cc(Cl)cc(CBr)c1. The Kier molecular flexibility index (Phi) is 4.42. The van der Waals surface area contributed by atoms with Crippen molar-refractivity contribution in [2.24, 2.45) is 0 Å². The van der Waals surface area contributed by atoms with Gasteiger partial charge in [-0.3, -0.25) is 4.79 Å². The van der Waals surface area contributed by atoms with Crippen molar-refractivity contribution in [3.63, 3.8) is 0 Å². The first-order chi connectivity index (χ1) is 6.54. The van der Waals surface area contributed by atoms with Crippen LogP contribution in [0.3, 0.4) is 0 Å². The van der Waals surface area contributed by atoms with Crippen LogP contribution in [0.1, 0.15) is 23.4 Å². The molecule has 1 nitrogen and oxygen atoms in total. The van der Waals surface area contributed by atoms with E-state index in [1.165, 1.54) is 6.92 Å². The lowest BCUT2D eigenvalue weighted by atomic mass is 10.1. The molecular formula is C10H9BrCl2O. The molecule has 0 aromatic heterocycles. The molecule has 4 heteroatoms. The normalized spacial score (nSPS) is 12.6. The average molecular weight is 296 g/mol. The maximum atomic E-state index is 11.1. The summed E-state index contributed by atoms with van der Waals surface area (Å²) < 4.78 is 0. The maximum Gasteiger partial charge on any atom is 0.152 e. The molecule has 0 aliphatic heterocycles. The third-order valence-corrected chi connectivity index (χ3v) is 3.21. The minimum Gasteiger partial charge on any atom is -0.298 e. The minimum absolute atomic E-state index is 0.0746. The fourth-order valence-corrected chi connectivity index (χ4v) is 1.85. The lowest BCUT2D eigenvalue weighted by molar-refractivity contribution is -0.116. The van der Waals surface area contributed by atoms with Gasteiger partial charge in [-0.1, -0.05) is 33.6 Å². The summed E-state index contributed by atoms with van der Waals surface area (Å²) >= 11 is 15.1. The van der Waals surface area contributed by atoms with Crippen molar-refractivity contribution >= 4 is 44.9 Å². The van der Waals surface area contributed by atoms with Gasteiger partial charge in [-0.05, 0) is 30.2 Å². The number of ketones is 1. The first-order valence-corrected chi connectivity index (χ1v) is 5.98. The molecular weight excluding hydrogens is 287 g/mol. The Labute approximate surface area is 102 Å². The number of Topliss-reactive ketones (excluding diaryl/α,β-unsaturated/α-hetero) is 1. The van der Waals surface area contributed by atoms with Crippen molar-refractivity contribution < 1.29 is 4.79 Å². The zero-order valence-corrected chi connectivity index (χ0v) is 10.7. The summed E-state index contributed by atoms with van der Waals surface area (Å²) in [6, 6.07) is 5.43. The zero-order chi connectivity index (χ0) is 10.7. The van der Waals surface area contributed by atoms with Gasteiger partial charge in [0.15, 0.2) is 5.78 Å². The topological polar surface area (TPSA) is 17.1 Å². The van der Waals surface area contributed by atoms with Gasteiger partial charge in [0.1, 0.15) is 5.38 Å². The molecule has 0 aliphatic rings. The van der Waals surface area contributed by atoms with Gasteiger partial charge < -0.3 is 0 Å². The Morgan fingerprint density at radius 1 is 1.50 bits per heavy atom. The molecule has 0 bridgehead atoms. The highest BCUT2D eigenvalue weighted by atomic mass is 79.9. The first kappa shape index (κ1) is 12.0. The van der Waals surface area contributed by atoms with Crippen LogP contribution in [0.25, 0.3) is 0 Å². The second kappa shape index (κ2) is 5.15. The van der Waals surface area contributed by atoms with E-state index in [4.69, 9.17) is 23.2 Å². The molecule has 14 heavy (non-hydrogen) atoms. The van der Waals surface area contributed by atoms with E-state index in [1.54, 1.807) is 6.07 Å². The average Bonchev–Trinajstić information content (AvgIpc) is 2.15. The number of hydrogen-bond donors (Lipinski definition) is 0. The highest BCUT2D eigenvalue weighted by Crippen LogP contribution is 2.26. The van der Waals surface area contributed by atoms with Crippen LogP contribution in [-0.4, -0.2) is 5.78 Å². The van der Waals surface area contributed by atoms with Crippen LogP contribution in [0.2, 0.25) is 5.02 Å². The highest BCUT2D eigenvalue weighted by molar-refractivity contribution is 9.08. The second-order valence-electron chi connectivity index (χ2n) is 3.00. The van der Waals surface area contributed by atoms with Crippen molar-refractivity contribution in [1.29, 1.82) is 0 Å². The van der Waals surface area contributed by atoms with Gasteiger partial charge in [0, 0.05) is 10.4 Å². The zero-order valence-electron chi connectivity index (χ0n) is 7.56. The fourth-order valence-electron chi connectivity index (χ4n) is 1.13. The second-order valence-corrected chi connectivity index (χ2v) is 4.43. The Hall–Kier alpha value is -0.0500. The molecule has 0 aliphatic carbocycles. The van der Waals surface area contributed by atoms with Gasteiger partial charge in [0.25, 0.3) is 0 Å². The fraction of sp³-hybridized carbons (Fsp3) is 0.300. The number of hydrogen-bond acceptors (Lipinski definition) is 1. The number of rotatable bonds is 3. The third kappa shape index (κ3) is 2.97. The summed E-state index contributed by atoms with van der Waals surface area (Å²) in [6.45, 7) is 1.46. The van der Waals surface area contributed by atoms with Crippen molar-refractivity contribution in [1.82, 2.24) is 0 Å². The van der Waals surface area contributed by atoms with E-state index in [2.05, 4.69) is 15.9 Å². The molecule has 76 valence electrons. The summed E-state index contributed by atoms with van der Waals surface area (Å²) in [5, 5.41) is 0.692. The largest absolute Gasteiger partial charge is 0.298 e. The molecule has 1 unspecified atom stereocenters. The molecule has 0 fully saturated rings. The number of carbonyl (C=O) groups is 1. The van der Waals surface area contributed by atoms with E-state index >= 15 is 0 Å². The molecule has 1 aromatic rings. The van der Waals surface area contributed by atoms with E-state index in [0.717, 1.165) is 11.1 Å². The van der Waals surface area contributed by atoms with Crippen LogP contribution in [-0.2, 0) is 10.1 Å². The third-order valence-electron chi connectivity index (χ3n) is 1.78. The van der Waals surface area contributed by atoms with E-state index in [1.807, 2.05) is 12.1 Å². The van der Waals surface area contributed by atoms with Crippen LogP contribution in [0, 0.1) is 0 Å². The predicted molar refractivity (Wildman–Crippen MR) is 63.4 cm³/mol. The molecule has 1 aromatic carbocycles. The molecule has 0 heterocycles. The summed E-state index contributed by atoms with van der Waals surface area (Å²) in [5.74, 6) is -0.0746. The molecule has 0 saturated carbocycles. The van der Waals surface area contributed by atoms with Gasteiger partial charge in [-0.15, -0.1) is 11.6 Å². The predicted octanol–water partition coefficient (Wildman–Crippen LogP) is 4.10. The lowest BCUT2D eigenvalue weighted by Crippen LogP contribution is -2.01. The lowest BCUT2D eigenvalue weighted by Gasteiger charge is -2.08. The summed E-state index contributed by atoms with van der Waals surface area (Å²) in [5.41, 5.74) is 1.76. The highest BCUT2D eigenvalue weighted by Gasteiger charge is 2.14. The van der Waals surface area contributed by atoms with Crippen molar-refractivity contribution in [2.75, 3.05) is 0 Å². The maximum absolute atomic E-state index is 11.1. The number of benzene rings is 1. The van der Waals surface area contributed by atoms with E-state index in [9.17, 15) is 4.79 Å². The monoisotopic (exact) mass is 294 g/mol. The van der Waals surface area contributed by atoms with Crippen molar-refractivity contribution in [3.05, 3.63) is 34.3 Å². The number of carbonyl (C=O) groups excluding carboxylic acids is 1. The first-order valence-electron chi connectivity index (χ1n) is 4.04. The van der Waals surface area contributed by atoms with Crippen LogP contribution in [0.4, 0.5) is 0 Å². The molecule has 1 atom stereocenters. The van der Waals surface area contributed by atoms with Crippen LogP contribution >= 0.6 is 39.1 Å². The Bertz CT molecular complexity index is 352. The van der Waals surface area contributed by atoms with Crippen LogP contribution < -0.4 is 0 Å². The van der Waals surface area contributed by atoms with Crippen molar-refractivity contribution in [3.8, 4) is 0 Å². The summed E-state index contributed by atoms with van der Waals surface area (Å²) in [7, 11) is 0.